The minimum atomic E-state index is -0.235. The van der Waals surface area contributed by atoms with Gasteiger partial charge in [-0.1, -0.05) is 0 Å². The minimum absolute atomic E-state index is 0.0764. The molecule has 1 amide bonds. The van der Waals surface area contributed by atoms with Crippen molar-refractivity contribution in [2.75, 3.05) is 26.4 Å². The number of aromatic nitrogens is 1. The summed E-state index contributed by atoms with van der Waals surface area (Å²) < 4.78 is 5.29. The molecule has 1 aliphatic rings. The number of nitrogens with one attached hydrogen (secondary N) is 1. The van der Waals surface area contributed by atoms with Crippen LogP contribution in [0.2, 0.25) is 0 Å². The van der Waals surface area contributed by atoms with Gasteiger partial charge in [0.1, 0.15) is 0 Å². The molecule has 1 aliphatic heterocycles. The summed E-state index contributed by atoms with van der Waals surface area (Å²) in [4.78, 5) is 15.8. The molecule has 0 bridgehead atoms. The molecular weight excluding hydrogens is 232 g/mol. The van der Waals surface area contributed by atoms with Crippen LogP contribution < -0.4 is 5.32 Å². The molecule has 0 aliphatic carbocycles. The van der Waals surface area contributed by atoms with E-state index in [9.17, 15) is 9.90 Å². The van der Waals surface area contributed by atoms with Crippen LogP contribution in [0.4, 0.5) is 0 Å². The van der Waals surface area contributed by atoms with Gasteiger partial charge in [-0.25, -0.2) is 0 Å². The van der Waals surface area contributed by atoms with E-state index < -0.39 is 0 Å². The van der Waals surface area contributed by atoms with Crippen LogP contribution in [-0.4, -0.2) is 42.4 Å². The summed E-state index contributed by atoms with van der Waals surface area (Å²) in [6.07, 6.45) is 4.73. The monoisotopic (exact) mass is 250 g/mol. The van der Waals surface area contributed by atoms with Crippen molar-refractivity contribution in [1.29, 1.82) is 0 Å². The fourth-order valence-corrected chi connectivity index (χ4v) is 2.07. The third kappa shape index (κ3) is 3.05. The summed E-state index contributed by atoms with van der Waals surface area (Å²) >= 11 is 0. The summed E-state index contributed by atoms with van der Waals surface area (Å²) in [6, 6.07) is 3.34. The van der Waals surface area contributed by atoms with Crippen molar-refractivity contribution in [2.24, 2.45) is 5.41 Å². The zero-order valence-corrected chi connectivity index (χ0v) is 10.3. The van der Waals surface area contributed by atoms with Crippen LogP contribution in [0.1, 0.15) is 23.2 Å². The molecule has 0 saturated carbocycles. The van der Waals surface area contributed by atoms with Gasteiger partial charge < -0.3 is 15.2 Å². The first-order valence-electron chi connectivity index (χ1n) is 6.13. The van der Waals surface area contributed by atoms with Gasteiger partial charge >= 0.3 is 0 Å². The van der Waals surface area contributed by atoms with Crippen LogP contribution >= 0.6 is 0 Å². The Balaban J connectivity index is 1.92. The standard InChI is InChI=1S/C13H18N2O3/c16-10-13(3-7-18-8-4-13)9-15-12(17)11-1-5-14-6-2-11/h1-2,5-6,16H,3-4,7-10H2,(H,15,17). The molecule has 2 rings (SSSR count). The van der Waals surface area contributed by atoms with Crippen LogP contribution in [-0.2, 0) is 4.74 Å². The Kier molecular flexibility index (Phi) is 4.28. The second-order valence-electron chi connectivity index (χ2n) is 4.69. The molecule has 18 heavy (non-hydrogen) atoms. The molecule has 1 saturated heterocycles. The average Bonchev–Trinajstić information content (AvgIpc) is 2.47. The topological polar surface area (TPSA) is 71.5 Å². The lowest BCUT2D eigenvalue weighted by molar-refractivity contribution is -0.0146. The molecule has 1 aromatic rings. The van der Waals surface area contributed by atoms with Gasteiger partial charge in [0, 0.05) is 43.1 Å². The van der Waals surface area contributed by atoms with Crippen LogP contribution in [0.25, 0.3) is 0 Å². The Morgan fingerprint density at radius 2 is 2.06 bits per heavy atom. The highest BCUT2D eigenvalue weighted by Gasteiger charge is 2.32. The number of pyridine rings is 1. The van der Waals surface area contributed by atoms with E-state index in [2.05, 4.69) is 10.3 Å². The zero-order chi connectivity index (χ0) is 12.8. The number of rotatable bonds is 4. The molecule has 0 aromatic carbocycles. The minimum Gasteiger partial charge on any atom is -0.396 e. The van der Waals surface area contributed by atoms with E-state index in [1.54, 1.807) is 24.5 Å². The number of hydrogen-bond donors (Lipinski definition) is 2. The quantitative estimate of drug-likeness (QED) is 0.821. The van der Waals surface area contributed by atoms with E-state index in [-0.39, 0.29) is 17.9 Å². The Bertz CT molecular complexity index is 388. The smallest absolute Gasteiger partial charge is 0.251 e. The lowest BCUT2D eigenvalue weighted by Crippen LogP contribution is -2.43. The first kappa shape index (κ1) is 13.0. The summed E-state index contributed by atoms with van der Waals surface area (Å²) in [5, 5.41) is 12.4. The Hall–Kier alpha value is -1.46. The van der Waals surface area contributed by atoms with E-state index in [0.717, 1.165) is 12.8 Å². The number of carbonyl (C=O) groups is 1. The maximum atomic E-state index is 11.9. The third-order valence-electron chi connectivity index (χ3n) is 3.46. The third-order valence-corrected chi connectivity index (χ3v) is 3.46. The molecular formula is C13H18N2O3. The number of aliphatic hydroxyl groups is 1. The Morgan fingerprint density at radius 1 is 1.39 bits per heavy atom. The maximum Gasteiger partial charge on any atom is 0.251 e. The van der Waals surface area contributed by atoms with Gasteiger partial charge in [-0.3, -0.25) is 9.78 Å². The number of aliphatic hydroxyl groups excluding tert-OH is 1. The Labute approximate surface area is 106 Å². The molecule has 0 unspecified atom stereocenters. The number of hydrogen-bond acceptors (Lipinski definition) is 4. The zero-order valence-electron chi connectivity index (χ0n) is 10.3. The van der Waals surface area contributed by atoms with Gasteiger partial charge in [0.25, 0.3) is 5.91 Å². The molecule has 5 heteroatoms. The fraction of sp³-hybridized carbons (Fsp3) is 0.538. The van der Waals surface area contributed by atoms with Crippen LogP contribution in [0.5, 0.6) is 0 Å². The summed E-state index contributed by atoms with van der Waals surface area (Å²) in [5.74, 6) is -0.128. The van der Waals surface area contributed by atoms with Crippen LogP contribution in [0.15, 0.2) is 24.5 Å². The number of carbonyl (C=O) groups excluding carboxylic acids is 1. The molecule has 2 heterocycles. The van der Waals surface area contributed by atoms with E-state index in [0.29, 0.717) is 25.3 Å². The first-order valence-corrected chi connectivity index (χ1v) is 6.13. The van der Waals surface area contributed by atoms with Crippen molar-refractivity contribution in [2.45, 2.75) is 12.8 Å². The predicted molar refractivity (Wildman–Crippen MR) is 66.1 cm³/mol. The second kappa shape index (κ2) is 5.93. The molecule has 1 aromatic heterocycles. The molecule has 2 N–H and O–H groups in total. The van der Waals surface area contributed by atoms with Gasteiger partial charge in [0.2, 0.25) is 0 Å². The van der Waals surface area contributed by atoms with Gasteiger partial charge in [-0.2, -0.15) is 0 Å². The highest BCUT2D eigenvalue weighted by molar-refractivity contribution is 5.93. The van der Waals surface area contributed by atoms with Crippen molar-refractivity contribution in [3.05, 3.63) is 30.1 Å². The van der Waals surface area contributed by atoms with Gasteiger partial charge in [0.15, 0.2) is 0 Å². The van der Waals surface area contributed by atoms with E-state index in [1.165, 1.54) is 0 Å². The maximum absolute atomic E-state index is 11.9. The summed E-state index contributed by atoms with van der Waals surface area (Å²) in [5.41, 5.74) is 0.353. The molecule has 5 nitrogen and oxygen atoms in total. The number of amides is 1. The number of ether oxygens (including phenoxy) is 1. The van der Waals surface area contributed by atoms with Crippen molar-refractivity contribution < 1.29 is 14.6 Å². The average molecular weight is 250 g/mol. The van der Waals surface area contributed by atoms with Crippen molar-refractivity contribution in [3.63, 3.8) is 0 Å². The van der Waals surface area contributed by atoms with Gasteiger partial charge in [0.05, 0.1) is 6.61 Å². The molecule has 0 radical (unpaired) electrons. The van der Waals surface area contributed by atoms with Gasteiger partial charge in [-0.05, 0) is 25.0 Å². The Morgan fingerprint density at radius 3 is 2.67 bits per heavy atom. The lowest BCUT2D eigenvalue weighted by atomic mass is 9.81. The number of nitrogens with zero attached hydrogens (tertiary/aromatic N) is 1. The highest BCUT2D eigenvalue weighted by Crippen LogP contribution is 2.28. The SMILES string of the molecule is O=C(NCC1(CO)CCOCC1)c1ccncc1. The molecule has 0 spiro atoms. The molecule has 0 atom stereocenters. The largest absolute Gasteiger partial charge is 0.396 e. The molecule has 1 fully saturated rings. The normalized spacial score (nSPS) is 18.3. The molecule has 98 valence electrons. The van der Waals surface area contributed by atoms with E-state index in [1.807, 2.05) is 0 Å². The van der Waals surface area contributed by atoms with Crippen molar-refractivity contribution in [3.8, 4) is 0 Å². The first-order chi connectivity index (χ1) is 8.76. The second-order valence-corrected chi connectivity index (χ2v) is 4.69. The van der Waals surface area contributed by atoms with Crippen LogP contribution in [0, 0.1) is 5.41 Å². The van der Waals surface area contributed by atoms with E-state index in [4.69, 9.17) is 4.74 Å². The fourth-order valence-electron chi connectivity index (χ4n) is 2.07. The van der Waals surface area contributed by atoms with Crippen LogP contribution in [0.3, 0.4) is 0 Å². The van der Waals surface area contributed by atoms with Gasteiger partial charge in [-0.15, -0.1) is 0 Å². The van der Waals surface area contributed by atoms with E-state index >= 15 is 0 Å². The predicted octanol–water partition coefficient (Wildman–Crippen LogP) is 0.600. The highest BCUT2D eigenvalue weighted by atomic mass is 16.5. The van der Waals surface area contributed by atoms with Crippen molar-refractivity contribution >= 4 is 5.91 Å². The van der Waals surface area contributed by atoms with Crippen molar-refractivity contribution in [1.82, 2.24) is 10.3 Å². The summed E-state index contributed by atoms with van der Waals surface area (Å²) in [7, 11) is 0. The summed E-state index contributed by atoms with van der Waals surface area (Å²) in [6.45, 7) is 1.85. The lowest BCUT2D eigenvalue weighted by Gasteiger charge is -2.35.